The molecule has 3 N–H and O–H groups in total. The number of hydrogen-bond donors (Lipinski definition) is 2. The summed E-state index contributed by atoms with van der Waals surface area (Å²) in [6.07, 6.45) is 5.23. The van der Waals surface area contributed by atoms with Crippen LogP contribution in [-0.2, 0) is 6.42 Å². The number of halogens is 1. The smallest absolute Gasteiger partial charge is 0.229 e. The Morgan fingerprint density at radius 2 is 2.00 bits per heavy atom. The molecule has 7 nitrogen and oxygen atoms in total. The Kier molecular flexibility index (Phi) is 4.95. The molecule has 0 aliphatic heterocycles. The van der Waals surface area contributed by atoms with Crippen LogP contribution in [-0.4, -0.2) is 26.6 Å². The van der Waals surface area contributed by atoms with E-state index in [0.717, 1.165) is 35.5 Å². The van der Waals surface area contributed by atoms with Crippen molar-refractivity contribution in [3.05, 3.63) is 83.0 Å². The summed E-state index contributed by atoms with van der Waals surface area (Å²) in [5, 5.41) is 3.69. The molecule has 0 bridgehead atoms. The molecule has 156 valence electrons. The molecule has 0 radical (unpaired) electrons. The van der Waals surface area contributed by atoms with Gasteiger partial charge in [0.1, 0.15) is 23.0 Å². The summed E-state index contributed by atoms with van der Waals surface area (Å²) in [6.45, 7) is 0. The van der Waals surface area contributed by atoms with Crippen LogP contribution >= 0.6 is 11.6 Å². The van der Waals surface area contributed by atoms with Gasteiger partial charge in [-0.3, -0.25) is 0 Å². The Bertz CT molecular complexity index is 1240. The highest BCUT2D eigenvalue weighted by Crippen LogP contribution is 2.39. The highest BCUT2D eigenvalue weighted by atomic mass is 35.5. The van der Waals surface area contributed by atoms with Gasteiger partial charge in [0.05, 0.1) is 18.5 Å². The van der Waals surface area contributed by atoms with Crippen molar-refractivity contribution in [1.82, 2.24) is 19.5 Å². The fourth-order valence-electron chi connectivity index (χ4n) is 4.08. The molecule has 4 aromatic rings. The monoisotopic (exact) mass is 432 g/mol. The molecule has 31 heavy (non-hydrogen) atoms. The number of rotatable bonds is 5. The van der Waals surface area contributed by atoms with Crippen molar-refractivity contribution >= 4 is 29.1 Å². The molecule has 0 saturated heterocycles. The molecule has 8 heteroatoms. The molecule has 2 heterocycles. The van der Waals surface area contributed by atoms with E-state index in [1.165, 1.54) is 5.56 Å². The average molecular weight is 433 g/mol. The van der Waals surface area contributed by atoms with Crippen LogP contribution < -0.4 is 15.8 Å². The third-order valence-electron chi connectivity index (χ3n) is 5.55. The van der Waals surface area contributed by atoms with Crippen LogP contribution in [0.2, 0.25) is 5.15 Å². The lowest BCUT2D eigenvalue weighted by Gasteiger charge is -2.15. The minimum absolute atomic E-state index is 0.227. The minimum Gasteiger partial charge on any atom is -0.494 e. The number of nitrogens with two attached hydrogens (primary N) is 1. The number of benzene rings is 2. The molecule has 5 rings (SSSR count). The van der Waals surface area contributed by atoms with Crippen LogP contribution in [0.3, 0.4) is 0 Å². The minimum atomic E-state index is 0.227. The van der Waals surface area contributed by atoms with Gasteiger partial charge in [0, 0.05) is 29.4 Å². The first-order valence-corrected chi connectivity index (χ1v) is 10.4. The van der Waals surface area contributed by atoms with Gasteiger partial charge in [-0.25, -0.2) is 9.97 Å². The molecule has 0 fully saturated rings. The Balaban J connectivity index is 1.46. The summed E-state index contributed by atoms with van der Waals surface area (Å²) >= 11 is 5.95. The first-order valence-electron chi connectivity index (χ1n) is 9.98. The third kappa shape index (κ3) is 3.68. The maximum absolute atomic E-state index is 6.29. The van der Waals surface area contributed by atoms with E-state index in [1.807, 2.05) is 24.3 Å². The number of nitrogen functional groups attached to an aromatic ring is 1. The van der Waals surface area contributed by atoms with Crippen molar-refractivity contribution in [3.8, 4) is 11.4 Å². The molecule has 0 saturated carbocycles. The summed E-state index contributed by atoms with van der Waals surface area (Å²) in [5.74, 6) is 1.89. The van der Waals surface area contributed by atoms with Gasteiger partial charge in [0.15, 0.2) is 0 Å². The van der Waals surface area contributed by atoms with Gasteiger partial charge in [-0.2, -0.15) is 4.98 Å². The predicted molar refractivity (Wildman–Crippen MR) is 121 cm³/mol. The van der Waals surface area contributed by atoms with Gasteiger partial charge in [-0.05, 0) is 30.5 Å². The van der Waals surface area contributed by atoms with E-state index in [-0.39, 0.29) is 5.92 Å². The zero-order valence-electron chi connectivity index (χ0n) is 16.9. The van der Waals surface area contributed by atoms with E-state index in [1.54, 1.807) is 24.2 Å². The lowest BCUT2D eigenvalue weighted by atomic mass is 9.97. The lowest BCUT2D eigenvalue weighted by Crippen LogP contribution is -2.08. The first-order chi connectivity index (χ1) is 15.1. The molecule has 2 aromatic heterocycles. The molecular formula is C23H21ClN6O. The summed E-state index contributed by atoms with van der Waals surface area (Å²) in [5.41, 5.74) is 11.2. The Labute approximate surface area is 184 Å². The van der Waals surface area contributed by atoms with Crippen LogP contribution in [0.1, 0.15) is 29.2 Å². The second-order valence-corrected chi connectivity index (χ2v) is 7.80. The maximum atomic E-state index is 6.29. The van der Waals surface area contributed by atoms with Crippen LogP contribution in [0.5, 0.6) is 5.75 Å². The number of methoxy groups -OCH3 is 1. The predicted octanol–water partition coefficient (Wildman–Crippen LogP) is 4.73. The van der Waals surface area contributed by atoms with E-state index in [4.69, 9.17) is 27.1 Å². The van der Waals surface area contributed by atoms with Gasteiger partial charge in [0.2, 0.25) is 5.95 Å². The van der Waals surface area contributed by atoms with Crippen LogP contribution in [0.15, 0.2) is 61.1 Å². The zero-order valence-corrected chi connectivity index (χ0v) is 17.7. The molecule has 1 aliphatic carbocycles. The van der Waals surface area contributed by atoms with E-state index in [2.05, 4.69) is 39.6 Å². The third-order valence-corrected chi connectivity index (χ3v) is 5.75. The number of anilines is 3. The second-order valence-electron chi connectivity index (χ2n) is 7.41. The molecule has 0 amide bonds. The number of nitrogens with zero attached hydrogens (tertiary/aromatic N) is 4. The van der Waals surface area contributed by atoms with Crippen molar-refractivity contribution in [2.75, 3.05) is 18.2 Å². The first kappa shape index (κ1) is 19.4. The van der Waals surface area contributed by atoms with Crippen molar-refractivity contribution in [1.29, 1.82) is 0 Å². The normalized spacial score (nSPS) is 15.0. The van der Waals surface area contributed by atoms with Crippen molar-refractivity contribution < 1.29 is 4.74 Å². The molecular weight excluding hydrogens is 412 g/mol. The van der Waals surface area contributed by atoms with E-state index < -0.39 is 0 Å². The maximum Gasteiger partial charge on any atom is 0.229 e. The van der Waals surface area contributed by atoms with E-state index >= 15 is 0 Å². The number of aromatic nitrogens is 4. The molecule has 0 spiro atoms. The number of nitrogens with one attached hydrogen (secondary N) is 1. The quantitative estimate of drug-likeness (QED) is 0.473. The summed E-state index contributed by atoms with van der Waals surface area (Å²) < 4.78 is 7.37. The zero-order chi connectivity index (χ0) is 21.4. The van der Waals surface area contributed by atoms with Crippen LogP contribution in [0.25, 0.3) is 5.69 Å². The molecule has 2 aromatic carbocycles. The van der Waals surface area contributed by atoms with Gasteiger partial charge < -0.3 is 20.4 Å². The Morgan fingerprint density at radius 3 is 2.74 bits per heavy atom. The van der Waals surface area contributed by atoms with E-state index in [0.29, 0.717) is 22.7 Å². The second kappa shape index (κ2) is 7.92. The van der Waals surface area contributed by atoms with Crippen LogP contribution in [0, 0.1) is 0 Å². The summed E-state index contributed by atoms with van der Waals surface area (Å²) in [7, 11) is 1.62. The van der Waals surface area contributed by atoms with Crippen molar-refractivity contribution in [2.24, 2.45) is 0 Å². The number of ether oxygens (including phenoxy) is 1. The fraction of sp³-hybridized carbons (Fsp3) is 0.174. The molecule has 1 unspecified atom stereocenters. The topological polar surface area (TPSA) is 90.9 Å². The fourth-order valence-corrected chi connectivity index (χ4v) is 4.23. The molecule has 1 aliphatic rings. The standard InChI is InChI=1S/C23H21ClN6O/c1-31-19-11-15(7-10-18(19)30-12-20(24)26-13-30)27-23-28-21-16(14-5-3-2-4-6-14)8-9-17(21)22(25)29-23/h2-7,10-13,16H,8-9H2,1H3,(H3,25,27,28,29). The Hall–Kier alpha value is -3.58. The Morgan fingerprint density at radius 1 is 1.16 bits per heavy atom. The lowest BCUT2D eigenvalue weighted by molar-refractivity contribution is 0.413. The van der Waals surface area contributed by atoms with Gasteiger partial charge >= 0.3 is 0 Å². The van der Waals surface area contributed by atoms with Crippen molar-refractivity contribution in [2.45, 2.75) is 18.8 Å². The average Bonchev–Trinajstić information content (AvgIpc) is 3.41. The van der Waals surface area contributed by atoms with E-state index in [9.17, 15) is 0 Å². The summed E-state index contributed by atoms with van der Waals surface area (Å²) in [6, 6.07) is 16.1. The summed E-state index contributed by atoms with van der Waals surface area (Å²) in [4.78, 5) is 13.4. The highest BCUT2D eigenvalue weighted by Gasteiger charge is 2.28. The van der Waals surface area contributed by atoms with Gasteiger partial charge in [-0.1, -0.05) is 41.9 Å². The number of imidazole rings is 1. The highest BCUT2D eigenvalue weighted by molar-refractivity contribution is 6.29. The van der Waals surface area contributed by atoms with Crippen LogP contribution in [0.4, 0.5) is 17.5 Å². The van der Waals surface area contributed by atoms with Crippen molar-refractivity contribution in [3.63, 3.8) is 0 Å². The number of hydrogen-bond acceptors (Lipinski definition) is 6. The van der Waals surface area contributed by atoms with Gasteiger partial charge in [-0.15, -0.1) is 0 Å². The van der Waals surface area contributed by atoms with Gasteiger partial charge in [0.25, 0.3) is 0 Å². The number of fused-ring (bicyclic) bond motifs is 1. The molecule has 1 atom stereocenters. The SMILES string of the molecule is COc1cc(Nc2nc(N)c3c(n2)C(c2ccccc2)CC3)ccc1-n1cnc(Cl)c1. The largest absolute Gasteiger partial charge is 0.494 e.